The van der Waals surface area contributed by atoms with E-state index in [0.717, 1.165) is 17.5 Å². The van der Waals surface area contributed by atoms with Crippen molar-refractivity contribution in [2.45, 2.75) is 32.2 Å². The molecular formula is C19H22ClN. The van der Waals surface area contributed by atoms with Crippen LogP contribution >= 0.6 is 11.6 Å². The Labute approximate surface area is 132 Å². The summed E-state index contributed by atoms with van der Waals surface area (Å²) in [6, 6.07) is 17.3. The first kappa shape index (κ1) is 14.6. The van der Waals surface area contributed by atoms with Crippen molar-refractivity contribution in [2.75, 3.05) is 13.1 Å². The van der Waals surface area contributed by atoms with Crippen LogP contribution in [-0.2, 0) is 6.54 Å². The molecule has 0 saturated carbocycles. The van der Waals surface area contributed by atoms with Gasteiger partial charge in [-0.3, -0.25) is 4.90 Å². The zero-order valence-electron chi connectivity index (χ0n) is 12.6. The maximum atomic E-state index is 5.94. The average Bonchev–Trinajstić information content (AvgIpc) is 2.51. The van der Waals surface area contributed by atoms with Gasteiger partial charge in [0.25, 0.3) is 0 Å². The van der Waals surface area contributed by atoms with Crippen LogP contribution in [0.5, 0.6) is 0 Å². The third-order valence-corrected chi connectivity index (χ3v) is 4.71. The highest BCUT2D eigenvalue weighted by atomic mass is 35.5. The Bertz CT molecular complexity index is 566. The van der Waals surface area contributed by atoms with Crippen LogP contribution in [0.1, 0.15) is 35.4 Å². The van der Waals surface area contributed by atoms with Crippen LogP contribution in [-0.4, -0.2) is 18.0 Å². The van der Waals surface area contributed by atoms with Gasteiger partial charge in [0, 0.05) is 11.6 Å². The summed E-state index contributed by atoms with van der Waals surface area (Å²) in [6.07, 6.45) is 2.52. The molecule has 0 unspecified atom stereocenters. The molecule has 0 atom stereocenters. The molecule has 0 aromatic heterocycles. The van der Waals surface area contributed by atoms with Crippen LogP contribution in [0.25, 0.3) is 0 Å². The van der Waals surface area contributed by atoms with Gasteiger partial charge in [-0.2, -0.15) is 0 Å². The lowest BCUT2D eigenvalue weighted by Gasteiger charge is -2.32. The predicted molar refractivity (Wildman–Crippen MR) is 89.9 cm³/mol. The Hall–Kier alpha value is -1.31. The Morgan fingerprint density at radius 1 is 0.952 bits per heavy atom. The van der Waals surface area contributed by atoms with Crippen molar-refractivity contribution >= 4 is 11.6 Å². The summed E-state index contributed by atoms with van der Waals surface area (Å²) >= 11 is 5.94. The SMILES string of the molecule is Cc1ccc(C2CCN(Cc3ccc(Cl)cc3)CC2)cc1. The van der Waals surface area contributed by atoms with Crippen molar-refractivity contribution in [1.29, 1.82) is 0 Å². The minimum absolute atomic E-state index is 0.729. The molecule has 1 aliphatic rings. The van der Waals surface area contributed by atoms with Crippen molar-refractivity contribution in [1.82, 2.24) is 4.90 Å². The van der Waals surface area contributed by atoms with Crippen LogP contribution in [0.15, 0.2) is 48.5 Å². The fraction of sp³-hybridized carbons (Fsp3) is 0.368. The quantitative estimate of drug-likeness (QED) is 0.768. The molecule has 1 fully saturated rings. The van der Waals surface area contributed by atoms with Gasteiger partial charge in [-0.1, -0.05) is 53.6 Å². The van der Waals surface area contributed by atoms with E-state index in [1.165, 1.54) is 42.6 Å². The fourth-order valence-corrected chi connectivity index (χ4v) is 3.24. The number of aryl methyl sites for hydroxylation is 1. The maximum Gasteiger partial charge on any atom is 0.0406 e. The first-order valence-corrected chi connectivity index (χ1v) is 8.12. The minimum Gasteiger partial charge on any atom is -0.299 e. The van der Waals surface area contributed by atoms with E-state index in [1.54, 1.807) is 0 Å². The molecule has 0 radical (unpaired) electrons. The molecule has 2 heteroatoms. The van der Waals surface area contributed by atoms with E-state index in [-0.39, 0.29) is 0 Å². The molecule has 1 aliphatic heterocycles. The number of hydrogen-bond acceptors (Lipinski definition) is 1. The Morgan fingerprint density at radius 3 is 2.19 bits per heavy atom. The summed E-state index contributed by atoms with van der Waals surface area (Å²) in [6.45, 7) is 5.55. The normalized spacial score (nSPS) is 17.0. The largest absolute Gasteiger partial charge is 0.299 e. The number of piperidine rings is 1. The molecule has 0 N–H and O–H groups in total. The van der Waals surface area contributed by atoms with E-state index < -0.39 is 0 Å². The lowest BCUT2D eigenvalue weighted by molar-refractivity contribution is 0.204. The van der Waals surface area contributed by atoms with Gasteiger partial charge in [-0.05, 0) is 62.0 Å². The summed E-state index contributed by atoms with van der Waals surface area (Å²) in [5, 5.41) is 0.817. The highest BCUT2D eigenvalue weighted by molar-refractivity contribution is 6.30. The molecule has 0 bridgehead atoms. The molecular weight excluding hydrogens is 278 g/mol. The van der Waals surface area contributed by atoms with Gasteiger partial charge in [0.2, 0.25) is 0 Å². The third-order valence-electron chi connectivity index (χ3n) is 4.46. The van der Waals surface area contributed by atoms with E-state index in [0.29, 0.717) is 0 Å². The van der Waals surface area contributed by atoms with Gasteiger partial charge in [-0.15, -0.1) is 0 Å². The Kier molecular flexibility index (Phi) is 4.62. The first-order valence-electron chi connectivity index (χ1n) is 7.74. The van der Waals surface area contributed by atoms with E-state index in [9.17, 15) is 0 Å². The van der Waals surface area contributed by atoms with E-state index in [1.807, 2.05) is 12.1 Å². The summed E-state index contributed by atoms with van der Waals surface area (Å²) in [5.74, 6) is 0.729. The number of rotatable bonds is 3. The lowest BCUT2D eigenvalue weighted by atomic mass is 9.89. The van der Waals surface area contributed by atoms with E-state index >= 15 is 0 Å². The zero-order valence-corrected chi connectivity index (χ0v) is 13.3. The lowest BCUT2D eigenvalue weighted by Crippen LogP contribution is -2.32. The molecule has 1 saturated heterocycles. The Balaban J connectivity index is 1.55. The molecule has 0 aliphatic carbocycles. The molecule has 21 heavy (non-hydrogen) atoms. The Morgan fingerprint density at radius 2 is 1.57 bits per heavy atom. The van der Waals surface area contributed by atoms with Crippen LogP contribution in [0.3, 0.4) is 0 Å². The van der Waals surface area contributed by atoms with Crippen LogP contribution < -0.4 is 0 Å². The zero-order chi connectivity index (χ0) is 14.7. The van der Waals surface area contributed by atoms with Gasteiger partial charge in [0.15, 0.2) is 0 Å². The van der Waals surface area contributed by atoms with E-state index in [2.05, 4.69) is 48.2 Å². The number of benzene rings is 2. The van der Waals surface area contributed by atoms with Crippen LogP contribution in [0.4, 0.5) is 0 Å². The highest BCUT2D eigenvalue weighted by Crippen LogP contribution is 2.28. The fourth-order valence-electron chi connectivity index (χ4n) is 3.11. The topological polar surface area (TPSA) is 3.24 Å². The molecule has 2 aromatic carbocycles. The van der Waals surface area contributed by atoms with Gasteiger partial charge in [0.05, 0.1) is 0 Å². The van der Waals surface area contributed by atoms with Crippen molar-refractivity contribution in [3.05, 3.63) is 70.2 Å². The van der Waals surface area contributed by atoms with Gasteiger partial charge in [-0.25, -0.2) is 0 Å². The molecule has 110 valence electrons. The smallest absolute Gasteiger partial charge is 0.0406 e. The predicted octanol–water partition coefficient (Wildman–Crippen LogP) is 5.03. The van der Waals surface area contributed by atoms with Crippen LogP contribution in [0, 0.1) is 6.92 Å². The van der Waals surface area contributed by atoms with Crippen molar-refractivity contribution in [3.63, 3.8) is 0 Å². The minimum atomic E-state index is 0.729. The van der Waals surface area contributed by atoms with Crippen molar-refractivity contribution < 1.29 is 0 Å². The molecule has 1 heterocycles. The molecule has 3 rings (SSSR count). The molecule has 2 aromatic rings. The third kappa shape index (κ3) is 3.87. The molecule has 1 nitrogen and oxygen atoms in total. The van der Waals surface area contributed by atoms with E-state index in [4.69, 9.17) is 11.6 Å². The van der Waals surface area contributed by atoms with Crippen molar-refractivity contribution in [3.8, 4) is 0 Å². The second-order valence-corrected chi connectivity index (χ2v) is 6.52. The average molecular weight is 300 g/mol. The second kappa shape index (κ2) is 6.64. The maximum absolute atomic E-state index is 5.94. The number of nitrogens with zero attached hydrogens (tertiary/aromatic N) is 1. The van der Waals surface area contributed by atoms with Gasteiger partial charge >= 0.3 is 0 Å². The summed E-state index contributed by atoms with van der Waals surface area (Å²) in [5.41, 5.74) is 4.21. The number of likely N-dealkylation sites (tertiary alicyclic amines) is 1. The summed E-state index contributed by atoms with van der Waals surface area (Å²) < 4.78 is 0. The second-order valence-electron chi connectivity index (χ2n) is 6.09. The highest BCUT2D eigenvalue weighted by Gasteiger charge is 2.20. The van der Waals surface area contributed by atoms with Crippen molar-refractivity contribution in [2.24, 2.45) is 0 Å². The number of halogens is 1. The van der Waals surface area contributed by atoms with Crippen LogP contribution in [0.2, 0.25) is 5.02 Å². The van der Waals surface area contributed by atoms with Gasteiger partial charge < -0.3 is 0 Å². The first-order chi connectivity index (χ1) is 10.2. The standard InChI is InChI=1S/C19H22ClN/c1-15-2-6-17(7-3-15)18-10-12-21(13-11-18)14-16-4-8-19(20)9-5-16/h2-9,18H,10-14H2,1H3. The van der Waals surface area contributed by atoms with Gasteiger partial charge in [0.1, 0.15) is 0 Å². The number of hydrogen-bond donors (Lipinski definition) is 0. The summed E-state index contributed by atoms with van der Waals surface area (Å²) in [4.78, 5) is 2.55. The summed E-state index contributed by atoms with van der Waals surface area (Å²) in [7, 11) is 0. The molecule has 0 amide bonds. The monoisotopic (exact) mass is 299 g/mol. The molecule has 0 spiro atoms.